The van der Waals surface area contributed by atoms with Crippen molar-refractivity contribution in [3.05, 3.63) is 0 Å². The molecular formula is C17H34N2O2. The van der Waals surface area contributed by atoms with E-state index >= 15 is 0 Å². The van der Waals surface area contributed by atoms with Crippen molar-refractivity contribution in [1.29, 1.82) is 0 Å². The van der Waals surface area contributed by atoms with E-state index in [0.717, 1.165) is 26.1 Å². The van der Waals surface area contributed by atoms with Gasteiger partial charge in [0, 0.05) is 37.8 Å². The SMILES string of the molecule is COC[C@H]1C(CC(C)(C)N2CC[C@H](O)C2)CCN1C(C)C. The van der Waals surface area contributed by atoms with Gasteiger partial charge in [-0.1, -0.05) is 0 Å². The quantitative estimate of drug-likeness (QED) is 0.813. The maximum atomic E-state index is 9.80. The lowest BCUT2D eigenvalue weighted by Crippen LogP contribution is -2.47. The molecule has 0 saturated carbocycles. The zero-order chi connectivity index (χ0) is 15.6. The van der Waals surface area contributed by atoms with E-state index in [1.54, 1.807) is 0 Å². The van der Waals surface area contributed by atoms with E-state index in [0.29, 0.717) is 18.0 Å². The summed E-state index contributed by atoms with van der Waals surface area (Å²) in [5, 5.41) is 9.80. The van der Waals surface area contributed by atoms with E-state index in [4.69, 9.17) is 4.74 Å². The minimum absolute atomic E-state index is 0.130. The lowest BCUT2D eigenvalue weighted by molar-refractivity contribution is 0.0524. The van der Waals surface area contributed by atoms with Crippen LogP contribution >= 0.6 is 0 Å². The van der Waals surface area contributed by atoms with Gasteiger partial charge in [0.15, 0.2) is 0 Å². The molecule has 0 aromatic carbocycles. The fraction of sp³-hybridized carbons (Fsp3) is 1.00. The molecule has 0 bridgehead atoms. The van der Waals surface area contributed by atoms with Crippen LogP contribution in [0.2, 0.25) is 0 Å². The predicted molar refractivity (Wildman–Crippen MR) is 86.5 cm³/mol. The third kappa shape index (κ3) is 3.98. The van der Waals surface area contributed by atoms with Crippen LogP contribution in [0.15, 0.2) is 0 Å². The number of likely N-dealkylation sites (tertiary alicyclic amines) is 2. The van der Waals surface area contributed by atoms with Crippen molar-refractivity contribution >= 4 is 0 Å². The number of aliphatic hydroxyl groups is 1. The van der Waals surface area contributed by atoms with E-state index in [1.807, 2.05) is 7.11 Å². The summed E-state index contributed by atoms with van der Waals surface area (Å²) in [7, 11) is 1.82. The van der Waals surface area contributed by atoms with Crippen LogP contribution in [0.3, 0.4) is 0 Å². The van der Waals surface area contributed by atoms with E-state index in [-0.39, 0.29) is 11.6 Å². The molecule has 1 unspecified atom stereocenters. The van der Waals surface area contributed by atoms with Crippen molar-refractivity contribution in [3.63, 3.8) is 0 Å². The van der Waals surface area contributed by atoms with E-state index in [9.17, 15) is 5.11 Å². The van der Waals surface area contributed by atoms with Crippen LogP contribution in [-0.2, 0) is 4.74 Å². The van der Waals surface area contributed by atoms with Gasteiger partial charge in [0.05, 0.1) is 12.7 Å². The Labute approximate surface area is 130 Å². The number of hydrogen-bond donors (Lipinski definition) is 1. The monoisotopic (exact) mass is 298 g/mol. The molecule has 1 N–H and O–H groups in total. The van der Waals surface area contributed by atoms with E-state index < -0.39 is 0 Å². The number of aliphatic hydroxyl groups excluding tert-OH is 1. The molecule has 0 amide bonds. The Morgan fingerprint density at radius 2 is 1.95 bits per heavy atom. The molecule has 21 heavy (non-hydrogen) atoms. The Bertz CT molecular complexity index is 333. The van der Waals surface area contributed by atoms with Crippen LogP contribution in [0.4, 0.5) is 0 Å². The lowest BCUT2D eigenvalue weighted by Gasteiger charge is -2.40. The highest BCUT2D eigenvalue weighted by atomic mass is 16.5. The number of hydrogen-bond acceptors (Lipinski definition) is 4. The van der Waals surface area contributed by atoms with Crippen LogP contribution in [0, 0.1) is 5.92 Å². The number of rotatable bonds is 6. The Morgan fingerprint density at radius 1 is 1.24 bits per heavy atom. The highest BCUT2D eigenvalue weighted by molar-refractivity contribution is 4.96. The summed E-state index contributed by atoms with van der Waals surface area (Å²) in [6.45, 7) is 13.1. The summed E-state index contributed by atoms with van der Waals surface area (Å²) in [5.41, 5.74) is 0.168. The highest BCUT2D eigenvalue weighted by Crippen LogP contribution is 2.36. The first-order chi connectivity index (χ1) is 9.85. The minimum atomic E-state index is -0.130. The Hall–Kier alpha value is -0.160. The zero-order valence-electron chi connectivity index (χ0n) is 14.5. The Balaban J connectivity index is 2.00. The Morgan fingerprint density at radius 3 is 2.48 bits per heavy atom. The third-order valence-corrected chi connectivity index (χ3v) is 5.51. The molecular weight excluding hydrogens is 264 g/mol. The average Bonchev–Trinajstić information content (AvgIpc) is 2.97. The zero-order valence-corrected chi connectivity index (χ0v) is 14.5. The molecule has 0 spiro atoms. The van der Waals surface area contributed by atoms with Crippen molar-refractivity contribution in [2.75, 3.05) is 33.4 Å². The van der Waals surface area contributed by atoms with Crippen molar-refractivity contribution in [3.8, 4) is 0 Å². The fourth-order valence-electron chi connectivity index (χ4n) is 4.29. The molecule has 2 rings (SSSR count). The maximum absolute atomic E-state index is 9.80. The van der Waals surface area contributed by atoms with Gasteiger partial charge in [-0.3, -0.25) is 9.80 Å². The first-order valence-corrected chi connectivity index (χ1v) is 8.53. The first kappa shape index (κ1) is 17.2. The summed E-state index contributed by atoms with van der Waals surface area (Å²) >= 11 is 0. The predicted octanol–water partition coefficient (Wildman–Crippen LogP) is 1.97. The molecule has 0 radical (unpaired) electrons. The van der Waals surface area contributed by atoms with Gasteiger partial charge in [-0.05, 0) is 59.4 Å². The molecule has 2 heterocycles. The molecule has 0 aromatic rings. The van der Waals surface area contributed by atoms with Crippen molar-refractivity contribution < 1.29 is 9.84 Å². The van der Waals surface area contributed by atoms with Crippen LogP contribution in [0.5, 0.6) is 0 Å². The third-order valence-electron chi connectivity index (χ3n) is 5.51. The Kier molecular flexibility index (Phi) is 5.69. The van der Waals surface area contributed by atoms with Gasteiger partial charge in [0.1, 0.15) is 0 Å². The molecule has 2 fully saturated rings. The van der Waals surface area contributed by atoms with E-state index in [2.05, 4.69) is 37.5 Å². The van der Waals surface area contributed by atoms with Crippen LogP contribution in [0.25, 0.3) is 0 Å². The smallest absolute Gasteiger partial charge is 0.0679 e. The number of β-amino-alcohol motifs (C(OH)–C–C–N with tert-alkyl or cyclic N) is 1. The second-order valence-corrected chi connectivity index (χ2v) is 7.81. The summed E-state index contributed by atoms with van der Waals surface area (Å²) in [4.78, 5) is 5.07. The van der Waals surface area contributed by atoms with Gasteiger partial charge in [-0.25, -0.2) is 0 Å². The average molecular weight is 298 g/mol. The second-order valence-electron chi connectivity index (χ2n) is 7.81. The molecule has 2 saturated heterocycles. The van der Waals surface area contributed by atoms with Crippen LogP contribution < -0.4 is 0 Å². The van der Waals surface area contributed by atoms with Crippen molar-refractivity contribution in [1.82, 2.24) is 9.80 Å². The lowest BCUT2D eigenvalue weighted by atomic mass is 9.85. The number of nitrogens with zero attached hydrogens (tertiary/aromatic N) is 2. The standard InChI is InChI=1S/C17H34N2O2/c1-13(2)19-9-6-14(16(19)12-21-5)10-17(3,4)18-8-7-15(20)11-18/h13-16,20H,6-12H2,1-5H3/t14?,15-,16-/m0/s1. The normalized spacial score (nSPS) is 32.4. The molecule has 4 nitrogen and oxygen atoms in total. The maximum Gasteiger partial charge on any atom is 0.0679 e. The molecule has 0 aromatic heterocycles. The first-order valence-electron chi connectivity index (χ1n) is 8.53. The van der Waals surface area contributed by atoms with Crippen molar-refractivity contribution in [2.24, 2.45) is 5.92 Å². The van der Waals surface area contributed by atoms with Crippen molar-refractivity contribution in [2.45, 2.75) is 70.7 Å². The van der Waals surface area contributed by atoms with E-state index in [1.165, 1.54) is 19.4 Å². The van der Waals surface area contributed by atoms with Gasteiger partial charge in [-0.15, -0.1) is 0 Å². The van der Waals surface area contributed by atoms with Gasteiger partial charge in [0.25, 0.3) is 0 Å². The molecule has 4 heteroatoms. The van der Waals surface area contributed by atoms with Gasteiger partial charge in [0.2, 0.25) is 0 Å². The minimum Gasteiger partial charge on any atom is -0.392 e. The number of methoxy groups -OCH3 is 1. The summed E-state index contributed by atoms with van der Waals surface area (Å²) in [5.74, 6) is 0.695. The highest BCUT2D eigenvalue weighted by Gasteiger charge is 2.41. The van der Waals surface area contributed by atoms with Crippen LogP contribution in [-0.4, -0.2) is 72.0 Å². The van der Waals surface area contributed by atoms with Crippen LogP contribution in [0.1, 0.15) is 47.0 Å². The largest absolute Gasteiger partial charge is 0.392 e. The molecule has 0 aliphatic carbocycles. The summed E-state index contributed by atoms with van der Waals surface area (Å²) < 4.78 is 5.50. The summed E-state index contributed by atoms with van der Waals surface area (Å²) in [6.07, 6.45) is 3.26. The summed E-state index contributed by atoms with van der Waals surface area (Å²) in [6, 6.07) is 1.13. The molecule has 2 aliphatic rings. The molecule has 124 valence electrons. The van der Waals surface area contributed by atoms with Gasteiger partial charge in [-0.2, -0.15) is 0 Å². The van der Waals surface area contributed by atoms with Gasteiger partial charge >= 0.3 is 0 Å². The number of ether oxygens (including phenoxy) is 1. The van der Waals surface area contributed by atoms with Gasteiger partial charge < -0.3 is 9.84 Å². The molecule has 3 atom stereocenters. The molecule has 2 aliphatic heterocycles. The topological polar surface area (TPSA) is 35.9 Å². The fourth-order valence-corrected chi connectivity index (χ4v) is 4.29. The second kappa shape index (κ2) is 6.95.